The third kappa shape index (κ3) is 7.09. The smallest absolute Gasteiger partial charge is 0.407 e. The number of hydrogen-bond donors (Lipinski definition) is 3. The molecule has 0 aliphatic heterocycles. The molecule has 31 heavy (non-hydrogen) atoms. The number of carbonyl (C=O) groups is 3. The van der Waals surface area contributed by atoms with Gasteiger partial charge in [-0.25, -0.2) is 13.9 Å². The topological polar surface area (TPSA) is 114 Å². The summed E-state index contributed by atoms with van der Waals surface area (Å²) < 4.78 is 19.8. The molecule has 3 amide bonds. The first-order valence-electron chi connectivity index (χ1n) is 9.88. The number of hydrogen-bond acceptors (Lipinski definition) is 5. The molecule has 3 N–H and O–H groups in total. The number of nitrogens with zero attached hydrogens (tertiary/aromatic N) is 2. The van der Waals surface area contributed by atoms with Gasteiger partial charge in [0.15, 0.2) is 0 Å². The summed E-state index contributed by atoms with van der Waals surface area (Å²) in [6, 6.07) is 5.75. The molecule has 0 saturated heterocycles. The maximum Gasteiger partial charge on any atom is 0.407 e. The van der Waals surface area contributed by atoms with Crippen molar-refractivity contribution in [2.45, 2.75) is 52.6 Å². The molecule has 0 atom stereocenters. The molecule has 168 valence electrons. The number of aromatic nitrogens is 2. The molecule has 2 aromatic rings. The largest absolute Gasteiger partial charge is 0.444 e. The quantitative estimate of drug-likeness (QED) is 0.606. The fraction of sp³-hybridized carbons (Fsp3) is 0.429. The van der Waals surface area contributed by atoms with E-state index in [0.29, 0.717) is 11.4 Å². The van der Waals surface area contributed by atoms with Crippen molar-refractivity contribution >= 4 is 17.9 Å². The molecular weight excluding hydrogens is 405 g/mol. The van der Waals surface area contributed by atoms with E-state index >= 15 is 0 Å². The number of nitrogens with one attached hydrogen (secondary N) is 3. The lowest BCUT2D eigenvalue weighted by molar-refractivity contribution is -0.121. The summed E-state index contributed by atoms with van der Waals surface area (Å²) in [5.74, 6) is -1.46. The van der Waals surface area contributed by atoms with Crippen molar-refractivity contribution in [3.05, 3.63) is 47.5 Å². The molecule has 0 unspecified atom stereocenters. The van der Waals surface area contributed by atoms with Gasteiger partial charge in [-0.3, -0.25) is 20.4 Å². The number of rotatable bonds is 6. The van der Waals surface area contributed by atoms with E-state index in [0.717, 1.165) is 0 Å². The molecule has 0 aliphatic carbocycles. The molecular formula is C21H28FN5O4. The molecule has 2 rings (SSSR count). The normalized spacial score (nSPS) is 11.2. The van der Waals surface area contributed by atoms with Crippen molar-refractivity contribution in [3.8, 4) is 5.69 Å². The van der Waals surface area contributed by atoms with E-state index in [4.69, 9.17) is 4.74 Å². The fourth-order valence-corrected chi connectivity index (χ4v) is 2.73. The molecule has 0 spiro atoms. The summed E-state index contributed by atoms with van der Waals surface area (Å²) in [5, 5.41) is 6.71. The lowest BCUT2D eigenvalue weighted by atomic mass is 10.1. The Morgan fingerprint density at radius 3 is 2.35 bits per heavy atom. The number of amides is 3. The van der Waals surface area contributed by atoms with Gasteiger partial charge in [0.05, 0.1) is 23.1 Å². The molecule has 0 saturated carbocycles. The highest BCUT2D eigenvalue weighted by molar-refractivity contribution is 5.96. The van der Waals surface area contributed by atoms with Gasteiger partial charge in [-0.2, -0.15) is 5.10 Å². The van der Waals surface area contributed by atoms with Crippen LogP contribution in [0, 0.1) is 5.82 Å². The lowest BCUT2D eigenvalue weighted by Gasteiger charge is -2.19. The van der Waals surface area contributed by atoms with Crippen LogP contribution in [-0.4, -0.2) is 39.8 Å². The molecule has 1 heterocycles. The summed E-state index contributed by atoms with van der Waals surface area (Å²) >= 11 is 0. The number of ether oxygens (including phenoxy) is 1. The highest BCUT2D eigenvalue weighted by Crippen LogP contribution is 2.23. The first-order valence-corrected chi connectivity index (χ1v) is 9.88. The molecule has 0 aliphatic rings. The third-order valence-electron chi connectivity index (χ3n) is 4.00. The number of hydrazine groups is 1. The minimum absolute atomic E-state index is 0.0502. The molecule has 1 aromatic heterocycles. The maximum absolute atomic E-state index is 13.2. The van der Waals surface area contributed by atoms with Gasteiger partial charge in [0, 0.05) is 13.0 Å². The van der Waals surface area contributed by atoms with Gasteiger partial charge in [0.1, 0.15) is 11.4 Å². The second-order valence-electron chi connectivity index (χ2n) is 8.17. The van der Waals surface area contributed by atoms with Crippen LogP contribution >= 0.6 is 0 Å². The van der Waals surface area contributed by atoms with Crippen LogP contribution in [0.25, 0.3) is 5.69 Å². The molecule has 0 fully saturated rings. The van der Waals surface area contributed by atoms with Gasteiger partial charge >= 0.3 is 6.09 Å². The highest BCUT2D eigenvalue weighted by atomic mass is 19.1. The Labute approximate surface area is 180 Å². The van der Waals surface area contributed by atoms with E-state index in [9.17, 15) is 18.8 Å². The zero-order chi connectivity index (χ0) is 23.2. The summed E-state index contributed by atoms with van der Waals surface area (Å²) in [7, 11) is 0. The number of carbonyl (C=O) groups excluding carboxylic acids is 3. The maximum atomic E-state index is 13.2. The minimum atomic E-state index is -0.632. The Hall–Kier alpha value is -3.43. The van der Waals surface area contributed by atoms with E-state index in [1.54, 1.807) is 37.6 Å². The molecule has 0 radical (unpaired) electrons. The first kappa shape index (κ1) is 23.8. The van der Waals surface area contributed by atoms with Gasteiger partial charge in [0.2, 0.25) is 5.91 Å². The molecule has 10 heteroatoms. The zero-order valence-corrected chi connectivity index (χ0v) is 18.3. The predicted molar refractivity (Wildman–Crippen MR) is 112 cm³/mol. The second-order valence-corrected chi connectivity index (χ2v) is 8.17. The first-order chi connectivity index (χ1) is 14.5. The van der Waals surface area contributed by atoms with E-state index in [1.165, 1.54) is 18.3 Å². The predicted octanol–water partition coefficient (Wildman–Crippen LogP) is 2.81. The van der Waals surface area contributed by atoms with Gasteiger partial charge < -0.3 is 10.1 Å². The monoisotopic (exact) mass is 433 g/mol. The second kappa shape index (κ2) is 10.1. The van der Waals surface area contributed by atoms with Crippen LogP contribution in [-0.2, 0) is 9.53 Å². The van der Waals surface area contributed by atoms with Crippen LogP contribution in [0.15, 0.2) is 30.5 Å². The Morgan fingerprint density at radius 2 is 1.77 bits per heavy atom. The van der Waals surface area contributed by atoms with Crippen molar-refractivity contribution in [2.75, 3.05) is 6.54 Å². The summed E-state index contributed by atoms with van der Waals surface area (Å²) in [6.45, 7) is 9.05. The van der Waals surface area contributed by atoms with E-state index in [1.807, 2.05) is 13.8 Å². The standard InChI is InChI=1S/C21H28FN5O4/c1-13(2)18-16(12-24-27(18)15-8-6-14(22)7-9-15)19(29)26-25-17(28)10-11-23-20(30)31-21(3,4)5/h6-9,12-13H,10-11H2,1-5H3,(H,23,30)(H,25,28)(H,26,29). The van der Waals surface area contributed by atoms with Crippen LogP contribution in [0.5, 0.6) is 0 Å². The fourth-order valence-electron chi connectivity index (χ4n) is 2.73. The van der Waals surface area contributed by atoms with Crippen LogP contribution < -0.4 is 16.2 Å². The Morgan fingerprint density at radius 1 is 1.13 bits per heavy atom. The highest BCUT2D eigenvalue weighted by Gasteiger charge is 2.21. The lowest BCUT2D eigenvalue weighted by Crippen LogP contribution is -2.43. The van der Waals surface area contributed by atoms with Gasteiger partial charge in [-0.05, 0) is 51.0 Å². The van der Waals surface area contributed by atoms with Crippen LogP contribution in [0.4, 0.5) is 9.18 Å². The van der Waals surface area contributed by atoms with Gasteiger partial charge in [-0.1, -0.05) is 13.8 Å². The van der Waals surface area contributed by atoms with E-state index in [2.05, 4.69) is 21.3 Å². The Bertz CT molecular complexity index is 932. The van der Waals surface area contributed by atoms with Gasteiger partial charge in [0.25, 0.3) is 5.91 Å². The number of alkyl carbamates (subject to hydrolysis) is 1. The molecule has 0 bridgehead atoms. The van der Waals surface area contributed by atoms with E-state index < -0.39 is 23.5 Å². The summed E-state index contributed by atoms with van der Waals surface area (Å²) in [4.78, 5) is 36.1. The van der Waals surface area contributed by atoms with Gasteiger partial charge in [-0.15, -0.1) is 0 Å². The van der Waals surface area contributed by atoms with Crippen molar-refractivity contribution in [1.29, 1.82) is 0 Å². The zero-order valence-electron chi connectivity index (χ0n) is 18.3. The third-order valence-corrected chi connectivity index (χ3v) is 4.00. The molecule has 1 aromatic carbocycles. The van der Waals surface area contributed by atoms with Crippen LogP contribution in [0.2, 0.25) is 0 Å². The summed E-state index contributed by atoms with van der Waals surface area (Å²) in [6.07, 6.45) is 0.717. The summed E-state index contributed by atoms with van der Waals surface area (Å²) in [5.41, 5.74) is 5.54. The minimum Gasteiger partial charge on any atom is -0.444 e. The van der Waals surface area contributed by atoms with Crippen molar-refractivity contribution in [3.63, 3.8) is 0 Å². The van der Waals surface area contributed by atoms with Crippen molar-refractivity contribution in [1.82, 2.24) is 25.9 Å². The number of benzene rings is 1. The number of halogens is 1. The van der Waals surface area contributed by atoms with Crippen LogP contribution in [0.3, 0.4) is 0 Å². The van der Waals surface area contributed by atoms with Crippen molar-refractivity contribution in [2.24, 2.45) is 0 Å². The Balaban J connectivity index is 1.94. The molecule has 9 nitrogen and oxygen atoms in total. The SMILES string of the molecule is CC(C)c1c(C(=O)NNC(=O)CCNC(=O)OC(C)(C)C)cnn1-c1ccc(F)cc1. The average molecular weight is 433 g/mol. The average Bonchev–Trinajstić information content (AvgIpc) is 3.10. The Kier molecular flexibility index (Phi) is 7.73. The van der Waals surface area contributed by atoms with E-state index in [-0.39, 0.29) is 30.3 Å². The van der Waals surface area contributed by atoms with Crippen LogP contribution in [0.1, 0.15) is 63.0 Å². The van der Waals surface area contributed by atoms with Crippen molar-refractivity contribution < 1.29 is 23.5 Å².